The molecule has 0 saturated carbocycles. The number of ether oxygens (including phenoxy) is 1. The molecule has 142 valence electrons. The van der Waals surface area contributed by atoms with Crippen LogP contribution in [0.4, 0.5) is 0 Å². The minimum atomic E-state index is -0.364. The van der Waals surface area contributed by atoms with E-state index in [1.807, 2.05) is 12.3 Å². The van der Waals surface area contributed by atoms with Gasteiger partial charge >= 0.3 is 5.97 Å². The monoisotopic (exact) mass is 365 g/mol. The van der Waals surface area contributed by atoms with Crippen LogP contribution in [0.1, 0.15) is 43.9 Å². The van der Waals surface area contributed by atoms with Crippen molar-refractivity contribution >= 4 is 5.97 Å². The standard InChI is InChI=1S/C23H27NO3/c1-15(2)22(25)27-19-6-5-18-11-21-16(3)23(4,20(18)12-19)8-9-24(21)13-17-7-10-26-14-17/h5-7,10,12,14,16,21H,1,8-9,11,13H2,2-4H3/t16-,21+,23+/m0/s1. The number of rotatable bonds is 4. The van der Waals surface area contributed by atoms with Gasteiger partial charge in [0.25, 0.3) is 0 Å². The van der Waals surface area contributed by atoms with Gasteiger partial charge < -0.3 is 9.15 Å². The Balaban J connectivity index is 1.62. The second-order valence-corrected chi connectivity index (χ2v) is 8.32. The summed E-state index contributed by atoms with van der Waals surface area (Å²) < 4.78 is 10.7. The van der Waals surface area contributed by atoms with Crippen LogP contribution in [0.5, 0.6) is 5.75 Å². The van der Waals surface area contributed by atoms with Crippen LogP contribution in [0.2, 0.25) is 0 Å². The van der Waals surface area contributed by atoms with Crippen molar-refractivity contribution < 1.29 is 13.9 Å². The molecule has 1 aliphatic heterocycles. The van der Waals surface area contributed by atoms with Crippen LogP contribution in [0.25, 0.3) is 0 Å². The molecule has 0 amide bonds. The summed E-state index contributed by atoms with van der Waals surface area (Å²) in [6.07, 6.45) is 5.71. The van der Waals surface area contributed by atoms with Gasteiger partial charge in [0.1, 0.15) is 5.75 Å². The summed E-state index contributed by atoms with van der Waals surface area (Å²) in [6, 6.07) is 8.69. The number of carbonyl (C=O) groups excluding carboxylic acids is 1. The molecule has 1 aromatic heterocycles. The second-order valence-electron chi connectivity index (χ2n) is 8.32. The molecule has 1 fully saturated rings. The first-order valence-electron chi connectivity index (χ1n) is 9.64. The van der Waals surface area contributed by atoms with E-state index >= 15 is 0 Å². The molecule has 27 heavy (non-hydrogen) atoms. The fourth-order valence-electron chi connectivity index (χ4n) is 4.76. The number of carbonyl (C=O) groups is 1. The Kier molecular flexibility index (Phi) is 4.47. The van der Waals surface area contributed by atoms with E-state index in [-0.39, 0.29) is 11.4 Å². The predicted molar refractivity (Wildman–Crippen MR) is 105 cm³/mol. The lowest BCUT2D eigenvalue weighted by molar-refractivity contribution is -0.130. The van der Waals surface area contributed by atoms with E-state index in [2.05, 4.69) is 43.5 Å². The molecule has 4 heteroatoms. The number of nitrogens with zero attached hydrogens (tertiary/aromatic N) is 1. The molecular formula is C23H27NO3. The van der Waals surface area contributed by atoms with Gasteiger partial charge in [-0.25, -0.2) is 4.79 Å². The molecule has 2 bridgehead atoms. The van der Waals surface area contributed by atoms with Crippen molar-refractivity contribution in [1.82, 2.24) is 4.90 Å². The lowest BCUT2D eigenvalue weighted by Gasteiger charge is -2.54. The zero-order valence-corrected chi connectivity index (χ0v) is 16.3. The Morgan fingerprint density at radius 1 is 1.41 bits per heavy atom. The molecular weight excluding hydrogens is 338 g/mol. The molecule has 0 radical (unpaired) electrons. The maximum atomic E-state index is 11.9. The van der Waals surface area contributed by atoms with Gasteiger partial charge in [-0.2, -0.15) is 0 Å². The summed E-state index contributed by atoms with van der Waals surface area (Å²) in [6.45, 7) is 12.1. The van der Waals surface area contributed by atoms with Crippen LogP contribution in [-0.4, -0.2) is 23.5 Å². The SMILES string of the molecule is C=C(C)C(=O)Oc1ccc2c(c1)[C@]1(C)CCN(Cc3ccoc3)[C@H](C2)[C@@H]1C. The van der Waals surface area contributed by atoms with Crippen molar-refractivity contribution in [2.75, 3.05) is 6.54 Å². The minimum absolute atomic E-state index is 0.0940. The van der Waals surface area contributed by atoms with E-state index in [4.69, 9.17) is 9.15 Å². The first-order chi connectivity index (χ1) is 12.9. The highest BCUT2D eigenvalue weighted by Gasteiger charge is 2.48. The van der Waals surface area contributed by atoms with Crippen molar-refractivity contribution in [3.8, 4) is 5.75 Å². The number of likely N-dealkylation sites (tertiary alicyclic amines) is 1. The smallest absolute Gasteiger partial charge is 0.338 e. The van der Waals surface area contributed by atoms with Crippen LogP contribution in [0.15, 0.2) is 53.4 Å². The molecule has 2 aliphatic rings. The molecule has 0 unspecified atom stereocenters. The van der Waals surface area contributed by atoms with Crippen LogP contribution < -0.4 is 4.74 Å². The lowest BCUT2D eigenvalue weighted by atomic mass is 9.59. The quantitative estimate of drug-likeness (QED) is 0.455. The summed E-state index contributed by atoms with van der Waals surface area (Å²) in [5.41, 5.74) is 4.45. The van der Waals surface area contributed by atoms with Crippen molar-refractivity contribution in [2.24, 2.45) is 5.92 Å². The normalized spacial score (nSPS) is 27.1. The van der Waals surface area contributed by atoms with Crippen molar-refractivity contribution in [2.45, 2.75) is 51.6 Å². The van der Waals surface area contributed by atoms with Gasteiger partial charge in [-0.05, 0) is 67.0 Å². The molecule has 1 saturated heterocycles. The molecule has 4 rings (SSSR count). The zero-order chi connectivity index (χ0) is 19.2. The van der Waals surface area contributed by atoms with Gasteiger partial charge in [0.15, 0.2) is 0 Å². The van der Waals surface area contributed by atoms with Crippen molar-refractivity contribution in [1.29, 1.82) is 0 Å². The number of hydrogen-bond acceptors (Lipinski definition) is 4. The van der Waals surface area contributed by atoms with Gasteiger partial charge in [-0.1, -0.05) is 26.5 Å². The van der Waals surface area contributed by atoms with E-state index in [0.29, 0.717) is 23.3 Å². The summed E-state index contributed by atoms with van der Waals surface area (Å²) >= 11 is 0. The van der Waals surface area contributed by atoms with E-state index < -0.39 is 0 Å². The lowest BCUT2D eigenvalue weighted by Crippen LogP contribution is -2.57. The van der Waals surface area contributed by atoms with Gasteiger partial charge in [0.05, 0.1) is 12.5 Å². The molecule has 4 nitrogen and oxygen atoms in total. The maximum Gasteiger partial charge on any atom is 0.338 e. The third kappa shape index (κ3) is 3.12. The average Bonchev–Trinajstić information content (AvgIpc) is 3.14. The molecule has 1 aromatic carbocycles. The Bertz CT molecular complexity index is 870. The third-order valence-corrected chi connectivity index (χ3v) is 6.62. The number of hydrogen-bond donors (Lipinski definition) is 0. The Morgan fingerprint density at radius 3 is 2.93 bits per heavy atom. The van der Waals surface area contributed by atoms with E-state index in [1.54, 1.807) is 13.2 Å². The first kappa shape index (κ1) is 18.1. The molecule has 0 N–H and O–H groups in total. The van der Waals surface area contributed by atoms with Gasteiger partial charge in [-0.15, -0.1) is 0 Å². The summed E-state index contributed by atoms with van der Waals surface area (Å²) in [5, 5.41) is 0. The fraction of sp³-hybridized carbons (Fsp3) is 0.435. The van der Waals surface area contributed by atoms with E-state index in [9.17, 15) is 4.79 Å². The number of furan rings is 1. The third-order valence-electron chi connectivity index (χ3n) is 6.62. The van der Waals surface area contributed by atoms with E-state index in [1.165, 1.54) is 16.7 Å². The number of esters is 1. The van der Waals surface area contributed by atoms with Gasteiger partial charge in [-0.3, -0.25) is 4.90 Å². The first-order valence-corrected chi connectivity index (χ1v) is 9.64. The maximum absolute atomic E-state index is 11.9. The van der Waals surface area contributed by atoms with Crippen molar-refractivity contribution in [3.05, 3.63) is 65.6 Å². The van der Waals surface area contributed by atoms with Crippen LogP contribution in [-0.2, 0) is 23.2 Å². The van der Waals surface area contributed by atoms with Gasteiger partial charge in [0, 0.05) is 23.7 Å². The van der Waals surface area contributed by atoms with Crippen LogP contribution >= 0.6 is 0 Å². The van der Waals surface area contributed by atoms with Crippen LogP contribution in [0, 0.1) is 5.92 Å². The second kappa shape index (κ2) is 6.68. The molecule has 3 atom stereocenters. The highest BCUT2D eigenvalue weighted by Crippen LogP contribution is 2.49. The Hall–Kier alpha value is -2.33. The van der Waals surface area contributed by atoms with Crippen molar-refractivity contribution in [3.63, 3.8) is 0 Å². The van der Waals surface area contributed by atoms with Crippen LogP contribution in [0.3, 0.4) is 0 Å². The topological polar surface area (TPSA) is 42.7 Å². The van der Waals surface area contributed by atoms with Gasteiger partial charge in [0.2, 0.25) is 0 Å². The summed E-state index contributed by atoms with van der Waals surface area (Å²) in [7, 11) is 0. The molecule has 0 spiro atoms. The predicted octanol–water partition coefficient (Wildman–Crippen LogP) is 4.49. The fourth-order valence-corrected chi connectivity index (χ4v) is 4.76. The number of benzene rings is 1. The summed E-state index contributed by atoms with van der Waals surface area (Å²) in [4.78, 5) is 14.5. The summed E-state index contributed by atoms with van der Waals surface area (Å²) in [5.74, 6) is 0.781. The molecule has 2 aromatic rings. The average molecular weight is 365 g/mol. The molecule has 1 aliphatic carbocycles. The number of piperidine rings is 1. The largest absolute Gasteiger partial charge is 0.472 e. The Labute approximate surface area is 160 Å². The highest BCUT2D eigenvalue weighted by molar-refractivity contribution is 5.88. The minimum Gasteiger partial charge on any atom is -0.472 e. The van der Waals surface area contributed by atoms with E-state index in [0.717, 1.165) is 25.9 Å². The highest BCUT2D eigenvalue weighted by atomic mass is 16.5. The molecule has 2 heterocycles. The zero-order valence-electron chi connectivity index (χ0n) is 16.3. The Morgan fingerprint density at radius 2 is 2.22 bits per heavy atom. The number of fused-ring (bicyclic) bond motifs is 4.